The zero-order chi connectivity index (χ0) is 31.2. The summed E-state index contributed by atoms with van der Waals surface area (Å²) < 4.78 is 0. The lowest BCUT2D eigenvalue weighted by molar-refractivity contribution is 1.30. The Morgan fingerprint density at radius 2 is 0.809 bits per heavy atom. The van der Waals surface area contributed by atoms with Crippen LogP contribution in [0.1, 0.15) is 0 Å². The van der Waals surface area contributed by atoms with E-state index in [4.69, 9.17) is 0 Å². The lowest BCUT2D eigenvalue weighted by atomic mass is 9.94. The summed E-state index contributed by atoms with van der Waals surface area (Å²) >= 11 is 0. The van der Waals surface area contributed by atoms with E-state index in [1.807, 2.05) is 0 Å². The summed E-state index contributed by atoms with van der Waals surface area (Å²) in [7, 11) is 0. The lowest BCUT2D eigenvalue weighted by Gasteiger charge is -2.27. The molecule has 9 rings (SSSR count). The van der Waals surface area contributed by atoms with Crippen LogP contribution in [0.3, 0.4) is 0 Å². The van der Waals surface area contributed by atoms with Crippen LogP contribution in [0, 0.1) is 0 Å². The highest BCUT2D eigenvalue weighted by molar-refractivity contribution is 6.06. The van der Waals surface area contributed by atoms with Crippen molar-refractivity contribution in [2.24, 2.45) is 0 Å². The largest absolute Gasteiger partial charge is 0.310 e. The normalized spacial score (nSPS) is 11.4. The maximum Gasteiger partial charge on any atom is 0.0540 e. The molecule has 1 heteroatoms. The van der Waals surface area contributed by atoms with Gasteiger partial charge in [0.05, 0.1) is 5.69 Å². The summed E-state index contributed by atoms with van der Waals surface area (Å²) in [5.74, 6) is 0. The molecule has 0 N–H and O–H groups in total. The first-order valence-corrected chi connectivity index (χ1v) is 16.2. The molecule has 47 heavy (non-hydrogen) atoms. The Morgan fingerprint density at radius 3 is 1.57 bits per heavy atom. The zero-order valence-electron chi connectivity index (χ0n) is 25.8. The number of para-hydroxylation sites is 1. The van der Waals surface area contributed by atoms with Gasteiger partial charge in [0.1, 0.15) is 0 Å². The van der Waals surface area contributed by atoms with Gasteiger partial charge in [-0.25, -0.2) is 0 Å². The van der Waals surface area contributed by atoms with E-state index in [2.05, 4.69) is 193 Å². The van der Waals surface area contributed by atoms with E-state index >= 15 is 0 Å². The van der Waals surface area contributed by atoms with Gasteiger partial charge in [0.2, 0.25) is 0 Å². The Kier molecular flexibility index (Phi) is 6.54. The van der Waals surface area contributed by atoms with Gasteiger partial charge in [0.25, 0.3) is 0 Å². The van der Waals surface area contributed by atoms with Crippen molar-refractivity contribution in [3.05, 3.63) is 188 Å². The third kappa shape index (κ3) is 4.90. The van der Waals surface area contributed by atoms with Crippen LogP contribution in [0.5, 0.6) is 0 Å². The van der Waals surface area contributed by atoms with E-state index in [0.29, 0.717) is 0 Å². The molecule has 0 atom stereocenters. The first kappa shape index (κ1) is 27.2. The highest BCUT2D eigenvalue weighted by atomic mass is 15.1. The number of rotatable bonds is 5. The van der Waals surface area contributed by atoms with Gasteiger partial charge in [-0.1, -0.05) is 133 Å². The average molecular weight is 598 g/mol. The van der Waals surface area contributed by atoms with E-state index in [1.54, 1.807) is 0 Å². The van der Waals surface area contributed by atoms with E-state index in [9.17, 15) is 0 Å². The van der Waals surface area contributed by atoms with Gasteiger partial charge in [-0.2, -0.15) is 0 Å². The minimum absolute atomic E-state index is 1.12. The summed E-state index contributed by atoms with van der Waals surface area (Å²) in [6, 6.07) is 68.3. The zero-order valence-corrected chi connectivity index (χ0v) is 25.8. The number of nitrogens with zero attached hydrogens (tertiary/aromatic N) is 1. The standard InChI is InChI=1S/C46H31N/c1-2-16-41(17-3-1)47(46-19-9-15-40-29-35-12-6-7-13-36(35)31-45(40)46)42-25-22-33(23-26-42)43-18-8-14-39-30-38(24-27-44(39)43)37-21-20-32-10-4-5-11-34(32)28-37/h1-31H. The van der Waals surface area contributed by atoms with Crippen LogP contribution >= 0.6 is 0 Å². The monoisotopic (exact) mass is 597 g/mol. The van der Waals surface area contributed by atoms with Gasteiger partial charge in [0.15, 0.2) is 0 Å². The average Bonchev–Trinajstić information content (AvgIpc) is 3.14. The second-order valence-corrected chi connectivity index (χ2v) is 12.2. The van der Waals surface area contributed by atoms with E-state index < -0.39 is 0 Å². The van der Waals surface area contributed by atoms with Gasteiger partial charge in [-0.3, -0.25) is 0 Å². The molecule has 0 amide bonds. The molecule has 9 aromatic carbocycles. The van der Waals surface area contributed by atoms with Crippen molar-refractivity contribution in [3.63, 3.8) is 0 Å². The van der Waals surface area contributed by atoms with Crippen molar-refractivity contribution in [1.29, 1.82) is 0 Å². The number of hydrogen-bond donors (Lipinski definition) is 0. The second-order valence-electron chi connectivity index (χ2n) is 12.2. The highest BCUT2D eigenvalue weighted by Gasteiger charge is 2.16. The topological polar surface area (TPSA) is 3.24 Å². The summed E-state index contributed by atoms with van der Waals surface area (Å²) in [4.78, 5) is 2.37. The molecule has 0 saturated heterocycles. The smallest absolute Gasteiger partial charge is 0.0540 e. The molecule has 0 aliphatic heterocycles. The fourth-order valence-electron chi connectivity index (χ4n) is 7.02. The van der Waals surface area contributed by atoms with Crippen molar-refractivity contribution in [2.75, 3.05) is 4.90 Å². The van der Waals surface area contributed by atoms with Crippen LogP contribution in [0.4, 0.5) is 17.1 Å². The van der Waals surface area contributed by atoms with Crippen molar-refractivity contribution < 1.29 is 0 Å². The first-order chi connectivity index (χ1) is 23.3. The maximum absolute atomic E-state index is 2.37. The maximum atomic E-state index is 2.37. The van der Waals surface area contributed by atoms with Gasteiger partial charge in [-0.05, 0) is 115 Å². The Morgan fingerprint density at radius 1 is 0.277 bits per heavy atom. The van der Waals surface area contributed by atoms with E-state index in [0.717, 1.165) is 11.4 Å². The molecule has 0 radical (unpaired) electrons. The molecule has 0 aliphatic carbocycles. The SMILES string of the molecule is c1ccc(N(c2ccc(-c3cccc4cc(-c5ccc6ccccc6c5)ccc34)cc2)c2cccc3cc4ccccc4cc23)cc1. The van der Waals surface area contributed by atoms with Gasteiger partial charge >= 0.3 is 0 Å². The molecule has 220 valence electrons. The minimum atomic E-state index is 1.12. The number of hydrogen-bond acceptors (Lipinski definition) is 1. The minimum Gasteiger partial charge on any atom is -0.310 e. The van der Waals surface area contributed by atoms with Gasteiger partial charge < -0.3 is 4.90 Å². The van der Waals surface area contributed by atoms with Crippen LogP contribution in [0.2, 0.25) is 0 Å². The number of fused-ring (bicyclic) bond motifs is 4. The van der Waals surface area contributed by atoms with Crippen molar-refractivity contribution >= 4 is 60.2 Å². The van der Waals surface area contributed by atoms with Crippen molar-refractivity contribution in [3.8, 4) is 22.3 Å². The molecule has 1 nitrogen and oxygen atoms in total. The molecule has 0 aromatic heterocycles. The van der Waals surface area contributed by atoms with Crippen LogP contribution in [-0.4, -0.2) is 0 Å². The van der Waals surface area contributed by atoms with Gasteiger partial charge in [0, 0.05) is 16.8 Å². The molecule has 9 aromatic rings. The fourth-order valence-corrected chi connectivity index (χ4v) is 7.02. The molecule has 0 saturated carbocycles. The quantitative estimate of drug-likeness (QED) is 0.178. The fraction of sp³-hybridized carbons (Fsp3) is 0. The number of anilines is 3. The Hall–Kier alpha value is -6.18. The van der Waals surface area contributed by atoms with Crippen LogP contribution < -0.4 is 4.90 Å². The van der Waals surface area contributed by atoms with Crippen LogP contribution in [0.15, 0.2) is 188 Å². The Balaban J connectivity index is 1.12. The van der Waals surface area contributed by atoms with Crippen molar-refractivity contribution in [1.82, 2.24) is 0 Å². The van der Waals surface area contributed by atoms with E-state index in [-0.39, 0.29) is 0 Å². The summed E-state index contributed by atoms with van der Waals surface area (Å²) in [6.07, 6.45) is 0. The lowest BCUT2D eigenvalue weighted by Crippen LogP contribution is -2.10. The second kappa shape index (κ2) is 11.3. The highest BCUT2D eigenvalue weighted by Crippen LogP contribution is 2.41. The molecule has 0 fully saturated rings. The van der Waals surface area contributed by atoms with Crippen LogP contribution in [-0.2, 0) is 0 Å². The Bertz CT molecular complexity index is 2560. The molecule has 0 heterocycles. The van der Waals surface area contributed by atoms with Crippen LogP contribution in [0.25, 0.3) is 65.3 Å². The predicted octanol–water partition coefficient (Wildman–Crippen LogP) is 13.1. The molecule has 0 unspecified atom stereocenters. The summed E-state index contributed by atoms with van der Waals surface area (Å²) in [5.41, 5.74) is 8.34. The molecular formula is C46H31N. The third-order valence-corrected chi connectivity index (χ3v) is 9.38. The molecule has 0 bridgehead atoms. The molecule has 0 spiro atoms. The Labute approximate surface area is 274 Å². The summed E-state index contributed by atoms with van der Waals surface area (Å²) in [6.45, 7) is 0. The third-order valence-electron chi connectivity index (χ3n) is 9.38. The van der Waals surface area contributed by atoms with Crippen molar-refractivity contribution in [2.45, 2.75) is 0 Å². The van der Waals surface area contributed by atoms with Gasteiger partial charge in [-0.15, -0.1) is 0 Å². The van der Waals surface area contributed by atoms with E-state index in [1.165, 1.54) is 71.0 Å². The first-order valence-electron chi connectivity index (χ1n) is 16.2. The predicted molar refractivity (Wildman–Crippen MR) is 202 cm³/mol. The molecule has 0 aliphatic rings. The molecular weight excluding hydrogens is 567 g/mol. The summed E-state index contributed by atoms with van der Waals surface area (Å²) in [5, 5.41) is 10.00. The number of benzene rings is 9.